The minimum Gasteiger partial charge on any atom is -0.351 e. The van der Waals surface area contributed by atoms with Gasteiger partial charge < -0.3 is 10.3 Å². The fourth-order valence-electron chi connectivity index (χ4n) is 1.91. The first kappa shape index (κ1) is 22.1. The largest absolute Gasteiger partial charge is 0.431 e. The van der Waals surface area contributed by atoms with Gasteiger partial charge in [-0.15, -0.1) is 11.8 Å². The molecule has 152 valence electrons. The molecule has 0 unspecified atom stereocenters. The SMILES string of the molecule is O=C(NCCSc1ncc(C(F)(F)F)cc1Cl)c1ccc(C(F)(F)F)[nH]c1=O. The Morgan fingerprint density at radius 3 is 2.39 bits per heavy atom. The van der Waals surface area contributed by atoms with Crippen LogP contribution in [0.25, 0.3) is 0 Å². The summed E-state index contributed by atoms with van der Waals surface area (Å²) in [5, 5.41) is 2.20. The molecule has 0 aliphatic heterocycles. The van der Waals surface area contributed by atoms with E-state index in [9.17, 15) is 35.9 Å². The molecule has 0 atom stereocenters. The third kappa shape index (κ3) is 5.64. The third-order valence-corrected chi connectivity index (χ3v) is 4.63. The summed E-state index contributed by atoms with van der Waals surface area (Å²) in [4.78, 5) is 28.6. The van der Waals surface area contributed by atoms with Crippen LogP contribution in [0, 0.1) is 0 Å². The lowest BCUT2D eigenvalue weighted by Gasteiger charge is -2.09. The number of hydrogen-bond donors (Lipinski definition) is 2. The Bertz CT molecular complexity index is 929. The van der Waals surface area contributed by atoms with Gasteiger partial charge in [0, 0.05) is 18.5 Å². The number of nitrogens with one attached hydrogen (secondary N) is 2. The van der Waals surface area contributed by atoms with Crippen molar-refractivity contribution in [3.8, 4) is 0 Å². The van der Waals surface area contributed by atoms with Crippen LogP contribution in [0.3, 0.4) is 0 Å². The first-order valence-corrected chi connectivity index (χ1v) is 8.70. The molecule has 0 aromatic carbocycles. The van der Waals surface area contributed by atoms with E-state index in [1.54, 1.807) is 4.98 Å². The van der Waals surface area contributed by atoms with Crippen LogP contribution in [0.1, 0.15) is 21.6 Å². The summed E-state index contributed by atoms with van der Waals surface area (Å²) in [7, 11) is 0. The zero-order valence-corrected chi connectivity index (χ0v) is 15.1. The van der Waals surface area contributed by atoms with Crippen LogP contribution in [0.4, 0.5) is 26.3 Å². The van der Waals surface area contributed by atoms with Crippen LogP contribution in [0.15, 0.2) is 34.2 Å². The minimum absolute atomic E-state index is 0.0387. The van der Waals surface area contributed by atoms with Crippen LogP contribution in [0.5, 0.6) is 0 Å². The molecule has 13 heteroatoms. The number of carbonyl (C=O) groups is 1. The van der Waals surface area contributed by atoms with E-state index in [1.165, 1.54) is 0 Å². The number of alkyl halides is 6. The van der Waals surface area contributed by atoms with Gasteiger partial charge in [0.15, 0.2) is 0 Å². The van der Waals surface area contributed by atoms with Gasteiger partial charge >= 0.3 is 12.4 Å². The smallest absolute Gasteiger partial charge is 0.351 e. The summed E-state index contributed by atoms with van der Waals surface area (Å²) in [6.45, 7) is -0.0387. The van der Waals surface area contributed by atoms with Crippen LogP contribution in [-0.4, -0.2) is 28.2 Å². The topological polar surface area (TPSA) is 74.8 Å². The summed E-state index contributed by atoms with van der Waals surface area (Å²) >= 11 is 6.69. The van der Waals surface area contributed by atoms with E-state index in [1.807, 2.05) is 0 Å². The van der Waals surface area contributed by atoms with Gasteiger partial charge in [-0.3, -0.25) is 9.59 Å². The van der Waals surface area contributed by atoms with Crippen molar-refractivity contribution in [2.24, 2.45) is 0 Å². The molecule has 0 aliphatic carbocycles. The average molecular weight is 446 g/mol. The van der Waals surface area contributed by atoms with E-state index < -0.39 is 40.6 Å². The lowest BCUT2D eigenvalue weighted by Crippen LogP contribution is -2.32. The van der Waals surface area contributed by atoms with Crippen LogP contribution in [-0.2, 0) is 12.4 Å². The molecule has 2 aromatic rings. The molecule has 2 aromatic heterocycles. The Morgan fingerprint density at radius 1 is 1.18 bits per heavy atom. The average Bonchev–Trinajstić information content (AvgIpc) is 2.57. The van der Waals surface area contributed by atoms with Crippen molar-refractivity contribution in [1.82, 2.24) is 15.3 Å². The van der Waals surface area contributed by atoms with Crippen LogP contribution < -0.4 is 10.9 Å². The standard InChI is InChI=1S/C15H10ClF6N3O2S/c16-9-5-7(14(17,18)19)6-24-13(9)28-4-3-23-11(26)8-1-2-10(15(20,21)22)25-12(8)27/h1-2,5-6H,3-4H2,(H,23,26)(H,25,27). The summed E-state index contributed by atoms with van der Waals surface area (Å²) < 4.78 is 75.0. The molecule has 2 rings (SSSR count). The van der Waals surface area contributed by atoms with E-state index in [4.69, 9.17) is 11.6 Å². The number of thioether (sulfide) groups is 1. The molecule has 0 aliphatic rings. The monoisotopic (exact) mass is 445 g/mol. The second-order valence-corrected chi connectivity index (χ2v) is 6.72. The Morgan fingerprint density at radius 2 is 1.86 bits per heavy atom. The molecule has 0 saturated carbocycles. The maximum atomic E-state index is 12.5. The molecular formula is C15H10ClF6N3O2S. The predicted molar refractivity (Wildman–Crippen MR) is 89.4 cm³/mol. The van der Waals surface area contributed by atoms with Crippen molar-refractivity contribution in [2.75, 3.05) is 12.3 Å². The maximum absolute atomic E-state index is 12.5. The number of amides is 1. The Kier molecular flexibility index (Phi) is 6.65. The van der Waals surface area contributed by atoms with Crippen molar-refractivity contribution in [1.29, 1.82) is 0 Å². The van der Waals surface area contributed by atoms with Crippen molar-refractivity contribution in [3.05, 3.63) is 56.6 Å². The van der Waals surface area contributed by atoms with E-state index >= 15 is 0 Å². The zero-order valence-electron chi connectivity index (χ0n) is 13.5. The van der Waals surface area contributed by atoms with Gasteiger partial charge in [-0.2, -0.15) is 26.3 Å². The summed E-state index contributed by atoms with van der Waals surface area (Å²) in [6, 6.07) is 2.03. The highest BCUT2D eigenvalue weighted by molar-refractivity contribution is 7.99. The van der Waals surface area contributed by atoms with E-state index in [2.05, 4.69) is 10.3 Å². The molecule has 5 nitrogen and oxygen atoms in total. The van der Waals surface area contributed by atoms with Crippen molar-refractivity contribution < 1.29 is 31.1 Å². The lowest BCUT2D eigenvalue weighted by atomic mass is 10.2. The minimum atomic E-state index is -4.75. The van der Waals surface area contributed by atoms with Crippen molar-refractivity contribution in [2.45, 2.75) is 17.4 Å². The highest BCUT2D eigenvalue weighted by atomic mass is 35.5. The number of halogens is 7. The van der Waals surface area contributed by atoms with Gasteiger partial charge in [0.25, 0.3) is 11.5 Å². The Hall–Kier alpha value is -2.21. The summed E-state index contributed by atoms with van der Waals surface area (Å²) in [5.41, 5.74) is -4.00. The molecule has 0 spiro atoms. The second-order valence-electron chi connectivity index (χ2n) is 5.23. The van der Waals surface area contributed by atoms with Crippen LogP contribution >= 0.6 is 23.4 Å². The molecule has 0 fully saturated rings. The molecular weight excluding hydrogens is 436 g/mol. The zero-order chi connectivity index (χ0) is 21.1. The van der Waals surface area contributed by atoms with Gasteiger partial charge in [-0.05, 0) is 18.2 Å². The predicted octanol–water partition coefficient (Wildman–Crippen LogP) is 3.98. The van der Waals surface area contributed by atoms with E-state index in [0.29, 0.717) is 12.3 Å². The van der Waals surface area contributed by atoms with E-state index in [-0.39, 0.29) is 22.3 Å². The number of H-pyrrole nitrogens is 1. The number of aromatic nitrogens is 2. The van der Waals surface area contributed by atoms with Gasteiger partial charge in [-0.25, -0.2) is 4.98 Å². The highest BCUT2D eigenvalue weighted by Gasteiger charge is 2.32. The van der Waals surface area contributed by atoms with Crippen LogP contribution in [0.2, 0.25) is 5.02 Å². The quantitative estimate of drug-likeness (QED) is 0.415. The maximum Gasteiger partial charge on any atom is 0.431 e. The normalized spacial score (nSPS) is 12.1. The lowest BCUT2D eigenvalue weighted by molar-refractivity contribution is -0.141. The molecule has 1 amide bonds. The number of carbonyl (C=O) groups excluding carboxylic acids is 1. The molecule has 0 saturated heterocycles. The molecule has 0 radical (unpaired) electrons. The van der Waals surface area contributed by atoms with Gasteiger partial charge in [0.05, 0.1) is 10.6 Å². The third-order valence-electron chi connectivity index (χ3n) is 3.22. The number of pyridine rings is 2. The molecule has 28 heavy (non-hydrogen) atoms. The molecule has 0 bridgehead atoms. The fraction of sp³-hybridized carbons (Fsp3) is 0.267. The first-order valence-electron chi connectivity index (χ1n) is 7.34. The highest BCUT2D eigenvalue weighted by Crippen LogP contribution is 2.33. The first-order chi connectivity index (χ1) is 12.9. The number of aromatic amines is 1. The second kappa shape index (κ2) is 8.43. The Labute approximate surface area is 162 Å². The van der Waals surface area contributed by atoms with Gasteiger partial charge in [0.2, 0.25) is 0 Å². The number of hydrogen-bond acceptors (Lipinski definition) is 4. The Balaban J connectivity index is 1.92. The van der Waals surface area contributed by atoms with Crippen molar-refractivity contribution in [3.63, 3.8) is 0 Å². The molecule has 2 N–H and O–H groups in total. The van der Waals surface area contributed by atoms with Gasteiger partial charge in [0.1, 0.15) is 16.3 Å². The number of rotatable bonds is 5. The number of nitrogens with zero attached hydrogens (tertiary/aromatic N) is 1. The fourth-order valence-corrected chi connectivity index (χ4v) is 2.96. The van der Waals surface area contributed by atoms with Gasteiger partial charge in [-0.1, -0.05) is 11.6 Å². The van der Waals surface area contributed by atoms with Crippen molar-refractivity contribution >= 4 is 29.3 Å². The summed E-state index contributed by atoms with van der Waals surface area (Å²) in [6.07, 6.45) is -8.71. The summed E-state index contributed by atoms with van der Waals surface area (Å²) in [5.74, 6) is -0.760. The molecule has 2 heterocycles. The van der Waals surface area contributed by atoms with E-state index in [0.717, 1.165) is 23.9 Å².